The number of carbonyl (C=O) groups excluding carboxylic acids is 1. The van der Waals surface area contributed by atoms with Gasteiger partial charge in [0.1, 0.15) is 5.75 Å². The number of piperazine rings is 1. The zero-order valence-corrected chi connectivity index (χ0v) is 21.3. The molecule has 190 valence electrons. The van der Waals surface area contributed by atoms with Gasteiger partial charge in [-0.15, -0.1) is 0 Å². The van der Waals surface area contributed by atoms with Crippen LogP contribution in [0.3, 0.4) is 0 Å². The van der Waals surface area contributed by atoms with E-state index in [2.05, 4.69) is 0 Å². The monoisotopic (exact) mass is 523 g/mol. The fraction of sp³-hybridized carbons (Fsp3) is 0.435. The lowest BCUT2D eigenvalue weighted by Crippen LogP contribution is -2.50. The number of morpholine rings is 1. The standard InChI is InChI=1S/C23H29N3O7S2/c1-18-3-5-19(6-4-18)34(28,29)25-9-11-26(12-10-25)35(30,31)20-7-8-22(32-2)21(17-20)23(27)24-13-15-33-16-14-24/h3-8,17H,9-16H2,1-2H3. The predicted octanol–water partition coefficient (Wildman–Crippen LogP) is 1.17. The number of methoxy groups -OCH3 is 1. The molecule has 4 rings (SSSR count). The molecule has 1 amide bonds. The minimum absolute atomic E-state index is 0.00615. The first-order valence-corrected chi connectivity index (χ1v) is 14.1. The Kier molecular flexibility index (Phi) is 7.48. The Labute approximate surface area is 206 Å². The molecule has 0 unspecified atom stereocenters. The summed E-state index contributed by atoms with van der Waals surface area (Å²) in [5, 5.41) is 0. The molecule has 2 aromatic rings. The maximum absolute atomic E-state index is 13.4. The molecule has 2 heterocycles. The van der Waals surface area contributed by atoms with Crippen molar-refractivity contribution in [2.24, 2.45) is 0 Å². The van der Waals surface area contributed by atoms with E-state index in [1.165, 1.54) is 33.9 Å². The fourth-order valence-electron chi connectivity index (χ4n) is 4.11. The number of ether oxygens (including phenoxy) is 2. The van der Waals surface area contributed by atoms with Gasteiger partial charge < -0.3 is 14.4 Å². The molecular weight excluding hydrogens is 494 g/mol. The topological polar surface area (TPSA) is 114 Å². The summed E-state index contributed by atoms with van der Waals surface area (Å²) in [5.74, 6) is -0.0364. The van der Waals surface area contributed by atoms with E-state index in [0.29, 0.717) is 26.3 Å². The Bertz CT molecular complexity index is 1280. The van der Waals surface area contributed by atoms with Crippen molar-refractivity contribution in [3.8, 4) is 5.75 Å². The fourth-order valence-corrected chi connectivity index (χ4v) is 6.98. The van der Waals surface area contributed by atoms with Crippen LogP contribution in [0.2, 0.25) is 0 Å². The highest BCUT2D eigenvalue weighted by atomic mass is 32.2. The Balaban J connectivity index is 1.52. The molecule has 0 atom stereocenters. The molecule has 2 aliphatic heterocycles. The van der Waals surface area contributed by atoms with Gasteiger partial charge in [-0.1, -0.05) is 17.7 Å². The lowest BCUT2D eigenvalue weighted by Gasteiger charge is -2.33. The summed E-state index contributed by atoms with van der Waals surface area (Å²) < 4.78 is 65.8. The number of rotatable bonds is 6. The van der Waals surface area contributed by atoms with Crippen molar-refractivity contribution in [3.05, 3.63) is 53.6 Å². The van der Waals surface area contributed by atoms with Crippen LogP contribution in [-0.4, -0.2) is 95.8 Å². The van der Waals surface area contributed by atoms with E-state index in [1.807, 2.05) is 6.92 Å². The van der Waals surface area contributed by atoms with Crippen LogP contribution in [0, 0.1) is 6.92 Å². The highest BCUT2D eigenvalue weighted by molar-refractivity contribution is 7.89. The van der Waals surface area contributed by atoms with E-state index in [4.69, 9.17) is 9.47 Å². The van der Waals surface area contributed by atoms with E-state index in [9.17, 15) is 21.6 Å². The minimum atomic E-state index is -3.95. The molecule has 35 heavy (non-hydrogen) atoms. The summed E-state index contributed by atoms with van der Waals surface area (Å²) in [6, 6.07) is 10.8. The first-order chi connectivity index (χ1) is 16.6. The smallest absolute Gasteiger partial charge is 0.257 e. The Hall–Kier alpha value is -2.51. The molecule has 0 spiro atoms. The van der Waals surface area contributed by atoms with Crippen molar-refractivity contribution < 1.29 is 31.1 Å². The molecule has 2 fully saturated rings. The zero-order chi connectivity index (χ0) is 25.2. The molecule has 2 aromatic carbocycles. The highest BCUT2D eigenvalue weighted by Crippen LogP contribution is 2.27. The van der Waals surface area contributed by atoms with Crippen molar-refractivity contribution in [1.82, 2.24) is 13.5 Å². The molecule has 0 N–H and O–H groups in total. The van der Waals surface area contributed by atoms with Gasteiger partial charge >= 0.3 is 0 Å². The number of amides is 1. The van der Waals surface area contributed by atoms with Crippen LogP contribution in [-0.2, 0) is 24.8 Å². The predicted molar refractivity (Wildman–Crippen MR) is 128 cm³/mol. The Morgan fingerprint density at radius 1 is 0.800 bits per heavy atom. The van der Waals surface area contributed by atoms with E-state index in [-0.39, 0.29) is 53.2 Å². The zero-order valence-electron chi connectivity index (χ0n) is 19.7. The number of nitrogens with zero attached hydrogens (tertiary/aromatic N) is 3. The summed E-state index contributed by atoms with van der Waals surface area (Å²) in [6.07, 6.45) is 0. The van der Waals surface area contributed by atoms with Crippen LogP contribution in [0.1, 0.15) is 15.9 Å². The van der Waals surface area contributed by atoms with Crippen molar-refractivity contribution >= 4 is 26.0 Å². The number of hydrogen-bond acceptors (Lipinski definition) is 7. The first kappa shape index (κ1) is 25.6. The second-order valence-electron chi connectivity index (χ2n) is 8.39. The van der Waals surface area contributed by atoms with Gasteiger partial charge in [0.2, 0.25) is 20.0 Å². The van der Waals surface area contributed by atoms with Crippen LogP contribution in [0.15, 0.2) is 52.3 Å². The van der Waals surface area contributed by atoms with E-state index in [0.717, 1.165) is 5.56 Å². The number of carbonyl (C=O) groups is 1. The molecule has 10 nitrogen and oxygen atoms in total. The third-order valence-corrected chi connectivity index (χ3v) is 10.0. The van der Waals surface area contributed by atoms with Gasteiger partial charge in [0.25, 0.3) is 5.91 Å². The SMILES string of the molecule is COc1ccc(S(=O)(=O)N2CCN(S(=O)(=O)c3ccc(C)cc3)CC2)cc1C(=O)N1CCOCC1. The molecule has 0 bridgehead atoms. The summed E-state index contributed by atoms with van der Waals surface area (Å²) in [5.41, 5.74) is 1.11. The second-order valence-corrected chi connectivity index (χ2v) is 12.3. The summed E-state index contributed by atoms with van der Waals surface area (Å²) in [6.45, 7) is 3.62. The Morgan fingerprint density at radius 2 is 1.31 bits per heavy atom. The average molecular weight is 524 g/mol. The number of benzene rings is 2. The van der Waals surface area contributed by atoms with Crippen LogP contribution in [0.4, 0.5) is 0 Å². The van der Waals surface area contributed by atoms with Gasteiger partial charge in [-0.2, -0.15) is 8.61 Å². The molecular formula is C23H29N3O7S2. The van der Waals surface area contributed by atoms with E-state index in [1.54, 1.807) is 29.2 Å². The largest absolute Gasteiger partial charge is 0.496 e. The number of hydrogen-bond donors (Lipinski definition) is 0. The molecule has 12 heteroatoms. The quantitative estimate of drug-likeness (QED) is 0.559. The molecule has 0 aliphatic carbocycles. The minimum Gasteiger partial charge on any atom is -0.496 e. The first-order valence-electron chi connectivity index (χ1n) is 11.3. The molecule has 2 saturated heterocycles. The number of aryl methyl sites for hydroxylation is 1. The summed E-state index contributed by atoms with van der Waals surface area (Å²) in [4.78, 5) is 14.8. The second kappa shape index (κ2) is 10.2. The summed E-state index contributed by atoms with van der Waals surface area (Å²) >= 11 is 0. The van der Waals surface area contributed by atoms with Crippen LogP contribution < -0.4 is 4.74 Å². The maximum atomic E-state index is 13.4. The van der Waals surface area contributed by atoms with Gasteiger partial charge in [-0.25, -0.2) is 16.8 Å². The van der Waals surface area contributed by atoms with Gasteiger partial charge in [-0.05, 0) is 37.3 Å². The van der Waals surface area contributed by atoms with Crippen LogP contribution in [0.25, 0.3) is 0 Å². The third kappa shape index (κ3) is 5.21. The third-order valence-electron chi connectivity index (χ3n) is 6.19. The van der Waals surface area contributed by atoms with Crippen molar-refractivity contribution in [1.29, 1.82) is 0 Å². The Morgan fingerprint density at radius 3 is 1.86 bits per heavy atom. The molecule has 0 saturated carbocycles. The maximum Gasteiger partial charge on any atom is 0.257 e. The normalized spacial score (nSPS) is 18.4. The van der Waals surface area contributed by atoms with Gasteiger partial charge in [0.05, 0.1) is 35.7 Å². The van der Waals surface area contributed by atoms with Gasteiger partial charge in [0, 0.05) is 39.3 Å². The highest BCUT2D eigenvalue weighted by Gasteiger charge is 2.34. The summed E-state index contributed by atoms with van der Waals surface area (Å²) in [7, 11) is -6.24. The van der Waals surface area contributed by atoms with Crippen LogP contribution in [0.5, 0.6) is 5.75 Å². The lowest BCUT2D eigenvalue weighted by molar-refractivity contribution is 0.0300. The van der Waals surface area contributed by atoms with Crippen molar-refractivity contribution in [2.75, 3.05) is 59.6 Å². The molecule has 2 aliphatic rings. The van der Waals surface area contributed by atoms with Gasteiger partial charge in [-0.3, -0.25) is 4.79 Å². The average Bonchev–Trinajstić information content (AvgIpc) is 2.88. The van der Waals surface area contributed by atoms with Crippen molar-refractivity contribution in [3.63, 3.8) is 0 Å². The molecule has 0 radical (unpaired) electrons. The molecule has 0 aromatic heterocycles. The number of sulfonamides is 2. The lowest BCUT2D eigenvalue weighted by atomic mass is 10.1. The van der Waals surface area contributed by atoms with E-state index >= 15 is 0 Å². The van der Waals surface area contributed by atoms with E-state index < -0.39 is 20.0 Å². The van der Waals surface area contributed by atoms with Crippen molar-refractivity contribution in [2.45, 2.75) is 16.7 Å². The van der Waals surface area contributed by atoms with Crippen LogP contribution >= 0.6 is 0 Å². The van der Waals surface area contributed by atoms with Gasteiger partial charge in [0.15, 0.2) is 0 Å².